The minimum atomic E-state index is 0.103. The zero-order chi connectivity index (χ0) is 13.4. The summed E-state index contributed by atoms with van der Waals surface area (Å²) in [5.74, 6) is 0. The van der Waals surface area contributed by atoms with E-state index < -0.39 is 0 Å². The lowest BCUT2D eigenvalue weighted by Gasteiger charge is -2.29. The van der Waals surface area contributed by atoms with Crippen molar-refractivity contribution < 1.29 is 4.74 Å². The molecule has 4 nitrogen and oxygen atoms in total. The number of hydrogen-bond donors (Lipinski definition) is 1. The molecule has 0 aromatic carbocycles. The Morgan fingerprint density at radius 2 is 2.33 bits per heavy atom. The topological polar surface area (TPSA) is 62.3 Å². The summed E-state index contributed by atoms with van der Waals surface area (Å²) in [5.41, 5.74) is 5.86. The highest BCUT2D eigenvalue weighted by Crippen LogP contribution is 2.30. The van der Waals surface area contributed by atoms with Gasteiger partial charge in [-0.1, -0.05) is 11.6 Å². The maximum absolute atomic E-state index is 8.71. The van der Waals surface area contributed by atoms with Gasteiger partial charge in [0.1, 0.15) is 0 Å². The second-order valence-electron chi connectivity index (χ2n) is 3.83. The van der Waals surface area contributed by atoms with Gasteiger partial charge in [0.25, 0.3) is 0 Å². The molecular weight excluding hydrogens is 270 g/mol. The molecule has 0 fully saturated rings. The monoisotopic (exact) mass is 287 g/mol. The van der Waals surface area contributed by atoms with Gasteiger partial charge in [0.2, 0.25) is 0 Å². The van der Waals surface area contributed by atoms with Crippen LogP contribution in [0.4, 0.5) is 0 Å². The first-order chi connectivity index (χ1) is 8.72. The Hall–Kier alpha value is -0.640. The number of rotatable bonds is 8. The van der Waals surface area contributed by atoms with Gasteiger partial charge in [-0.25, -0.2) is 0 Å². The molecular formula is C12H18ClN3OS. The molecule has 2 N–H and O–H groups in total. The lowest BCUT2D eigenvalue weighted by Crippen LogP contribution is -2.36. The largest absolute Gasteiger partial charge is 0.383 e. The van der Waals surface area contributed by atoms with Gasteiger partial charge in [-0.3, -0.25) is 4.90 Å². The van der Waals surface area contributed by atoms with Crippen molar-refractivity contribution in [3.8, 4) is 6.07 Å². The van der Waals surface area contributed by atoms with Crippen LogP contribution in [0.25, 0.3) is 0 Å². The second kappa shape index (κ2) is 8.46. The minimum Gasteiger partial charge on any atom is -0.383 e. The highest BCUT2D eigenvalue weighted by atomic mass is 35.5. The third-order valence-electron chi connectivity index (χ3n) is 2.68. The van der Waals surface area contributed by atoms with E-state index in [2.05, 4.69) is 11.0 Å². The minimum absolute atomic E-state index is 0.103. The van der Waals surface area contributed by atoms with Crippen LogP contribution in [0.2, 0.25) is 4.34 Å². The quantitative estimate of drug-likeness (QED) is 0.797. The summed E-state index contributed by atoms with van der Waals surface area (Å²) < 4.78 is 5.86. The molecule has 0 spiro atoms. The van der Waals surface area contributed by atoms with E-state index in [1.807, 2.05) is 12.1 Å². The molecule has 1 unspecified atom stereocenters. The fourth-order valence-electron chi connectivity index (χ4n) is 1.78. The van der Waals surface area contributed by atoms with E-state index in [1.54, 1.807) is 7.11 Å². The van der Waals surface area contributed by atoms with Crippen molar-refractivity contribution in [1.29, 1.82) is 5.26 Å². The number of methoxy groups -OCH3 is 1. The SMILES string of the molecule is COCCN(CCC#N)C(CN)c1ccc(Cl)s1. The molecule has 1 aromatic heterocycles. The summed E-state index contributed by atoms with van der Waals surface area (Å²) in [4.78, 5) is 3.31. The molecule has 1 atom stereocenters. The molecule has 0 bridgehead atoms. The fourth-order valence-corrected chi connectivity index (χ4v) is 2.99. The maximum Gasteiger partial charge on any atom is 0.0931 e. The number of halogens is 1. The second-order valence-corrected chi connectivity index (χ2v) is 5.58. The Labute approximate surface area is 117 Å². The van der Waals surface area contributed by atoms with E-state index in [0.717, 1.165) is 15.8 Å². The zero-order valence-electron chi connectivity index (χ0n) is 10.4. The van der Waals surface area contributed by atoms with Gasteiger partial charge in [0.05, 0.1) is 23.1 Å². The molecule has 0 saturated carbocycles. The lowest BCUT2D eigenvalue weighted by atomic mass is 10.2. The molecule has 0 aliphatic heterocycles. The number of nitrogens with two attached hydrogens (primary N) is 1. The first-order valence-electron chi connectivity index (χ1n) is 5.78. The van der Waals surface area contributed by atoms with E-state index in [9.17, 15) is 0 Å². The smallest absolute Gasteiger partial charge is 0.0931 e. The van der Waals surface area contributed by atoms with Crippen molar-refractivity contribution in [1.82, 2.24) is 4.90 Å². The number of thiophene rings is 1. The van der Waals surface area contributed by atoms with E-state index in [1.165, 1.54) is 11.3 Å². The molecule has 1 heterocycles. The Bertz CT molecular complexity index is 391. The highest BCUT2D eigenvalue weighted by Gasteiger charge is 2.20. The van der Waals surface area contributed by atoms with Crippen LogP contribution in [-0.2, 0) is 4.74 Å². The molecule has 6 heteroatoms. The van der Waals surface area contributed by atoms with Crippen molar-refractivity contribution >= 4 is 22.9 Å². The zero-order valence-corrected chi connectivity index (χ0v) is 12.0. The van der Waals surface area contributed by atoms with Gasteiger partial charge >= 0.3 is 0 Å². The molecule has 100 valence electrons. The Morgan fingerprint density at radius 3 is 2.83 bits per heavy atom. The van der Waals surface area contributed by atoms with Crippen molar-refractivity contribution in [2.24, 2.45) is 5.73 Å². The predicted octanol–water partition coefficient (Wildman–Crippen LogP) is 2.26. The van der Waals surface area contributed by atoms with Crippen molar-refractivity contribution in [3.05, 3.63) is 21.3 Å². The number of nitrogens with zero attached hydrogens (tertiary/aromatic N) is 2. The summed E-state index contributed by atoms with van der Waals surface area (Å²) >= 11 is 7.49. The van der Waals surface area contributed by atoms with Gasteiger partial charge in [-0.15, -0.1) is 11.3 Å². The molecule has 0 saturated heterocycles. The van der Waals surface area contributed by atoms with Crippen LogP contribution in [0, 0.1) is 11.3 Å². The standard InChI is InChI=1S/C12H18ClN3OS/c1-17-8-7-16(6-2-5-14)10(9-15)11-3-4-12(13)18-11/h3-4,10H,2,6-9,15H2,1H3. The van der Waals surface area contributed by atoms with E-state index >= 15 is 0 Å². The van der Waals surface area contributed by atoms with Crippen molar-refractivity contribution in [3.63, 3.8) is 0 Å². The van der Waals surface area contributed by atoms with E-state index in [0.29, 0.717) is 26.1 Å². The normalized spacial score (nSPS) is 12.6. The maximum atomic E-state index is 8.71. The fraction of sp³-hybridized carbons (Fsp3) is 0.583. The lowest BCUT2D eigenvalue weighted by molar-refractivity contribution is 0.124. The number of hydrogen-bond acceptors (Lipinski definition) is 5. The molecule has 1 aromatic rings. The predicted molar refractivity (Wildman–Crippen MR) is 74.8 cm³/mol. The number of ether oxygens (including phenoxy) is 1. The average Bonchev–Trinajstić information content (AvgIpc) is 2.79. The van der Waals surface area contributed by atoms with E-state index in [4.69, 9.17) is 27.3 Å². The van der Waals surface area contributed by atoms with Crippen LogP contribution in [0.15, 0.2) is 12.1 Å². The van der Waals surface area contributed by atoms with Crippen LogP contribution < -0.4 is 5.73 Å². The van der Waals surface area contributed by atoms with Crippen LogP contribution >= 0.6 is 22.9 Å². The van der Waals surface area contributed by atoms with Crippen LogP contribution in [0.1, 0.15) is 17.3 Å². The number of nitriles is 1. The summed E-state index contributed by atoms with van der Waals surface area (Å²) in [6.45, 7) is 2.58. The molecule has 0 radical (unpaired) electrons. The molecule has 0 aliphatic carbocycles. The van der Waals surface area contributed by atoms with Gasteiger partial charge in [-0.2, -0.15) is 5.26 Å². The third-order valence-corrected chi connectivity index (χ3v) is 4.01. The molecule has 0 amide bonds. The summed E-state index contributed by atoms with van der Waals surface area (Å²) in [7, 11) is 1.67. The van der Waals surface area contributed by atoms with Gasteiger partial charge < -0.3 is 10.5 Å². The molecule has 1 rings (SSSR count). The third kappa shape index (κ3) is 4.56. The Morgan fingerprint density at radius 1 is 1.56 bits per heavy atom. The van der Waals surface area contributed by atoms with E-state index in [-0.39, 0.29) is 6.04 Å². The first-order valence-corrected chi connectivity index (χ1v) is 6.97. The summed E-state index contributed by atoms with van der Waals surface area (Å²) in [5, 5.41) is 8.71. The van der Waals surface area contributed by atoms with Gasteiger partial charge in [0, 0.05) is 38.0 Å². The molecule has 18 heavy (non-hydrogen) atoms. The summed E-state index contributed by atoms with van der Waals surface area (Å²) in [6.07, 6.45) is 0.485. The van der Waals surface area contributed by atoms with Crippen LogP contribution in [0.3, 0.4) is 0 Å². The first kappa shape index (κ1) is 15.4. The van der Waals surface area contributed by atoms with Crippen LogP contribution in [0.5, 0.6) is 0 Å². The van der Waals surface area contributed by atoms with Crippen molar-refractivity contribution in [2.45, 2.75) is 12.5 Å². The van der Waals surface area contributed by atoms with Crippen LogP contribution in [-0.4, -0.2) is 38.3 Å². The Kier molecular flexibility index (Phi) is 7.25. The van der Waals surface area contributed by atoms with Gasteiger partial charge in [0.15, 0.2) is 0 Å². The van der Waals surface area contributed by atoms with Gasteiger partial charge in [-0.05, 0) is 12.1 Å². The molecule has 0 aliphatic rings. The average molecular weight is 288 g/mol. The van der Waals surface area contributed by atoms with Crippen molar-refractivity contribution in [2.75, 3.05) is 33.4 Å². The Balaban J connectivity index is 2.75. The summed E-state index contributed by atoms with van der Waals surface area (Å²) in [6, 6.07) is 6.14. The highest BCUT2D eigenvalue weighted by molar-refractivity contribution is 7.16.